The molecule has 0 bridgehead atoms. The highest BCUT2D eigenvalue weighted by atomic mass is 16.5. The first-order valence-corrected chi connectivity index (χ1v) is 11.6. The highest BCUT2D eigenvalue weighted by Crippen LogP contribution is 2.31. The van der Waals surface area contributed by atoms with Crippen LogP contribution in [0.5, 0.6) is 5.75 Å². The van der Waals surface area contributed by atoms with Crippen LogP contribution in [0.4, 0.5) is 0 Å². The zero-order chi connectivity index (χ0) is 24.0. The number of carbonyl (C=O) groups excluding carboxylic acids is 2. The van der Waals surface area contributed by atoms with Gasteiger partial charge in [-0.05, 0) is 63.4 Å². The van der Waals surface area contributed by atoms with Crippen molar-refractivity contribution in [2.75, 3.05) is 33.9 Å². The van der Waals surface area contributed by atoms with E-state index in [0.29, 0.717) is 26.2 Å². The summed E-state index contributed by atoms with van der Waals surface area (Å²) < 4.78 is 12.7. The zero-order valence-corrected chi connectivity index (χ0v) is 20.5. The first kappa shape index (κ1) is 24.8. The van der Waals surface area contributed by atoms with E-state index in [1.54, 1.807) is 19.1 Å². The number of hydrogen-bond acceptors (Lipinski definition) is 4. The van der Waals surface area contributed by atoms with Gasteiger partial charge in [0.2, 0.25) is 11.8 Å². The Hall–Kier alpha value is -2.80. The first-order chi connectivity index (χ1) is 15.7. The van der Waals surface area contributed by atoms with Crippen LogP contribution in [0.1, 0.15) is 44.9 Å². The van der Waals surface area contributed by atoms with Crippen molar-refractivity contribution >= 4 is 11.8 Å². The maximum Gasteiger partial charge on any atom is 0.242 e. The van der Waals surface area contributed by atoms with E-state index < -0.39 is 5.54 Å². The van der Waals surface area contributed by atoms with E-state index in [0.717, 1.165) is 29.8 Å². The van der Waals surface area contributed by atoms with Gasteiger partial charge in [-0.3, -0.25) is 9.59 Å². The van der Waals surface area contributed by atoms with Gasteiger partial charge in [0.05, 0.1) is 26.8 Å². The molecule has 180 valence electrons. The molecule has 1 aromatic carbocycles. The Labute approximate surface area is 197 Å². The first-order valence-electron chi connectivity index (χ1n) is 11.6. The average molecular weight is 456 g/mol. The van der Waals surface area contributed by atoms with Crippen LogP contribution < -0.4 is 4.74 Å². The molecule has 0 atom stereocenters. The summed E-state index contributed by atoms with van der Waals surface area (Å²) in [6.45, 7) is 8.17. The van der Waals surface area contributed by atoms with Gasteiger partial charge in [0.15, 0.2) is 0 Å². The normalized spacial score (nSPS) is 13.6. The maximum absolute atomic E-state index is 13.5. The van der Waals surface area contributed by atoms with Crippen molar-refractivity contribution in [2.24, 2.45) is 5.92 Å². The number of aromatic nitrogens is 1. The fourth-order valence-electron chi connectivity index (χ4n) is 3.88. The second-order valence-corrected chi connectivity index (χ2v) is 9.66. The molecule has 1 fully saturated rings. The second-order valence-electron chi connectivity index (χ2n) is 9.66. The largest absolute Gasteiger partial charge is 0.497 e. The molecule has 2 amide bonds. The lowest BCUT2D eigenvalue weighted by molar-refractivity contribution is -0.145. The van der Waals surface area contributed by atoms with E-state index in [4.69, 9.17) is 9.47 Å². The Balaban J connectivity index is 1.75. The van der Waals surface area contributed by atoms with Gasteiger partial charge in [-0.2, -0.15) is 0 Å². The smallest absolute Gasteiger partial charge is 0.242 e. The van der Waals surface area contributed by atoms with E-state index in [2.05, 4.69) is 10.6 Å². The number of amides is 2. The van der Waals surface area contributed by atoms with Crippen LogP contribution in [0.25, 0.3) is 0 Å². The van der Waals surface area contributed by atoms with Gasteiger partial charge < -0.3 is 23.8 Å². The molecule has 0 N–H and O–H groups in total. The van der Waals surface area contributed by atoms with Gasteiger partial charge in [0, 0.05) is 43.5 Å². The highest BCUT2D eigenvalue weighted by Gasteiger charge is 2.36. The summed E-state index contributed by atoms with van der Waals surface area (Å²) in [6.07, 6.45) is 3.86. The minimum atomic E-state index is -0.391. The molecular formula is C26H37N3O4. The van der Waals surface area contributed by atoms with Crippen molar-refractivity contribution in [1.29, 1.82) is 0 Å². The molecule has 1 heterocycles. The fraction of sp³-hybridized carbons (Fsp3) is 0.538. The number of carbonyl (C=O) groups is 2. The van der Waals surface area contributed by atoms with Crippen LogP contribution >= 0.6 is 0 Å². The summed E-state index contributed by atoms with van der Waals surface area (Å²) in [4.78, 5) is 29.7. The summed E-state index contributed by atoms with van der Waals surface area (Å²) in [6, 6.07) is 12.0. The predicted molar refractivity (Wildman–Crippen MR) is 128 cm³/mol. The molecule has 0 unspecified atom stereocenters. The van der Waals surface area contributed by atoms with Gasteiger partial charge in [0.25, 0.3) is 0 Å². The Morgan fingerprint density at radius 2 is 1.88 bits per heavy atom. The number of benzene rings is 1. The molecular weight excluding hydrogens is 418 g/mol. The molecule has 7 nitrogen and oxygen atoms in total. The van der Waals surface area contributed by atoms with E-state index >= 15 is 0 Å². The van der Waals surface area contributed by atoms with Crippen molar-refractivity contribution in [3.05, 3.63) is 53.9 Å². The summed E-state index contributed by atoms with van der Waals surface area (Å²) >= 11 is 0. The van der Waals surface area contributed by atoms with Crippen LogP contribution in [-0.4, -0.2) is 65.6 Å². The van der Waals surface area contributed by atoms with Crippen molar-refractivity contribution in [1.82, 2.24) is 14.4 Å². The highest BCUT2D eigenvalue weighted by molar-refractivity contribution is 5.87. The second kappa shape index (κ2) is 10.9. The summed E-state index contributed by atoms with van der Waals surface area (Å²) in [7, 11) is 3.27. The molecule has 0 saturated heterocycles. The Bertz CT molecular complexity index is 943. The minimum Gasteiger partial charge on any atom is -0.497 e. The van der Waals surface area contributed by atoms with E-state index in [9.17, 15) is 9.59 Å². The monoisotopic (exact) mass is 455 g/mol. The number of ether oxygens (including phenoxy) is 2. The molecule has 0 radical (unpaired) electrons. The third-order valence-corrected chi connectivity index (χ3v) is 5.97. The molecule has 3 rings (SSSR count). The molecule has 2 aromatic rings. The summed E-state index contributed by atoms with van der Waals surface area (Å²) in [5.74, 6) is 0.902. The fourth-order valence-corrected chi connectivity index (χ4v) is 3.88. The van der Waals surface area contributed by atoms with Crippen molar-refractivity contribution < 1.29 is 19.1 Å². The number of methoxy groups -OCH3 is 2. The maximum atomic E-state index is 13.5. The lowest BCUT2D eigenvalue weighted by Crippen LogP contribution is -2.51. The van der Waals surface area contributed by atoms with Crippen molar-refractivity contribution in [3.8, 4) is 5.75 Å². The zero-order valence-electron chi connectivity index (χ0n) is 20.5. The van der Waals surface area contributed by atoms with Crippen LogP contribution in [0, 0.1) is 5.92 Å². The molecule has 33 heavy (non-hydrogen) atoms. The molecule has 7 heteroatoms. The van der Waals surface area contributed by atoms with Crippen LogP contribution in [-0.2, 0) is 27.4 Å². The molecule has 1 aliphatic rings. The SMILES string of the molecule is COCCN(CC(=O)N(Cc1cccn1Cc1cccc(OC)c1)C(C)(C)C)C(=O)C1CC1. The van der Waals surface area contributed by atoms with Crippen LogP contribution in [0.2, 0.25) is 0 Å². The Kier molecular flexibility index (Phi) is 8.19. The quantitative estimate of drug-likeness (QED) is 0.520. The number of nitrogens with zero attached hydrogens (tertiary/aromatic N) is 3. The average Bonchev–Trinajstić information content (AvgIpc) is 3.54. The minimum absolute atomic E-state index is 0.0540. The van der Waals surface area contributed by atoms with Gasteiger partial charge in [0.1, 0.15) is 5.75 Å². The molecule has 1 saturated carbocycles. The lowest BCUT2D eigenvalue weighted by atomic mass is 10.1. The predicted octanol–water partition coefficient (Wildman–Crippen LogP) is 3.56. The topological polar surface area (TPSA) is 64.0 Å². The Morgan fingerprint density at radius 1 is 1.12 bits per heavy atom. The van der Waals surface area contributed by atoms with Gasteiger partial charge >= 0.3 is 0 Å². The Morgan fingerprint density at radius 3 is 2.52 bits per heavy atom. The van der Waals surface area contributed by atoms with Gasteiger partial charge in [-0.1, -0.05) is 12.1 Å². The molecule has 1 aliphatic carbocycles. The number of rotatable bonds is 11. The summed E-state index contributed by atoms with van der Waals surface area (Å²) in [5.41, 5.74) is 1.77. The number of hydrogen-bond donors (Lipinski definition) is 0. The van der Waals surface area contributed by atoms with E-state index in [1.807, 2.05) is 62.2 Å². The van der Waals surface area contributed by atoms with E-state index in [1.165, 1.54) is 0 Å². The lowest BCUT2D eigenvalue weighted by Gasteiger charge is -2.37. The van der Waals surface area contributed by atoms with Crippen LogP contribution in [0.3, 0.4) is 0 Å². The summed E-state index contributed by atoms with van der Waals surface area (Å²) in [5, 5.41) is 0. The molecule has 0 aliphatic heterocycles. The van der Waals surface area contributed by atoms with E-state index in [-0.39, 0.29) is 24.3 Å². The van der Waals surface area contributed by atoms with Crippen molar-refractivity contribution in [3.63, 3.8) is 0 Å². The molecule has 1 aromatic heterocycles. The molecule has 0 spiro atoms. The standard InChI is InChI=1S/C26H37N3O4/c1-26(2,3)29(24(30)19-28(14-15-32-4)25(31)21-11-12-21)18-22-9-7-13-27(22)17-20-8-6-10-23(16-20)33-5/h6-10,13,16,21H,11-12,14-15,17-19H2,1-5H3. The third-order valence-electron chi connectivity index (χ3n) is 5.97. The third kappa shape index (κ3) is 6.84. The van der Waals surface area contributed by atoms with Crippen LogP contribution in [0.15, 0.2) is 42.6 Å². The van der Waals surface area contributed by atoms with Gasteiger partial charge in [-0.15, -0.1) is 0 Å². The van der Waals surface area contributed by atoms with Gasteiger partial charge in [-0.25, -0.2) is 0 Å². The van der Waals surface area contributed by atoms with Crippen molar-refractivity contribution in [2.45, 2.75) is 52.2 Å².